The van der Waals surface area contributed by atoms with Crippen molar-refractivity contribution in [2.75, 3.05) is 30.9 Å². The highest BCUT2D eigenvalue weighted by molar-refractivity contribution is 7.93. The molecule has 0 saturated carbocycles. The van der Waals surface area contributed by atoms with Crippen molar-refractivity contribution < 1.29 is 13.2 Å². The quantitative estimate of drug-likeness (QED) is 0.366. The zero-order valence-electron chi connectivity index (χ0n) is 21.6. The Bertz CT molecular complexity index is 1510. The van der Waals surface area contributed by atoms with Gasteiger partial charge < -0.3 is 4.90 Å². The van der Waals surface area contributed by atoms with Crippen LogP contribution in [0.3, 0.4) is 0 Å². The number of piperazine rings is 1. The number of anilines is 1. The third kappa shape index (κ3) is 5.42. The lowest BCUT2D eigenvalue weighted by Crippen LogP contribution is -2.52. The molecule has 1 saturated heterocycles. The number of hydrogen-bond donors (Lipinski definition) is 1. The van der Waals surface area contributed by atoms with Crippen LogP contribution in [0.4, 0.5) is 5.69 Å². The standard InChI is InChI=1S/C30H32N4O3S/c1-22(24-8-4-3-5-9-24)23(2)33-18-20-34(21-19-33)30(35)26-13-15-27(16-14-26)32-38(36,37)28-12-6-10-25-11-7-17-31-29(25)28/h3-17,22-23,32H,18-21H2,1-2H3. The van der Waals surface area contributed by atoms with E-state index in [-0.39, 0.29) is 10.8 Å². The Labute approximate surface area is 224 Å². The Hall–Kier alpha value is -3.75. The highest BCUT2D eigenvalue weighted by Gasteiger charge is 2.28. The number of aromatic nitrogens is 1. The van der Waals surface area contributed by atoms with Gasteiger partial charge in [0.25, 0.3) is 15.9 Å². The lowest BCUT2D eigenvalue weighted by atomic mass is 9.93. The van der Waals surface area contributed by atoms with E-state index in [1.165, 1.54) is 11.6 Å². The van der Waals surface area contributed by atoms with E-state index in [2.05, 4.69) is 52.7 Å². The van der Waals surface area contributed by atoms with E-state index in [4.69, 9.17) is 0 Å². The van der Waals surface area contributed by atoms with Gasteiger partial charge in [-0.3, -0.25) is 19.4 Å². The molecule has 1 fully saturated rings. The molecule has 196 valence electrons. The van der Waals surface area contributed by atoms with Crippen LogP contribution in [0.1, 0.15) is 35.7 Å². The lowest BCUT2D eigenvalue weighted by Gasteiger charge is -2.40. The molecule has 1 amide bonds. The number of nitrogens with zero attached hydrogens (tertiary/aromatic N) is 3. The van der Waals surface area contributed by atoms with Crippen LogP contribution in [0, 0.1) is 0 Å². The number of sulfonamides is 1. The molecule has 7 nitrogen and oxygen atoms in total. The minimum atomic E-state index is -3.85. The average molecular weight is 529 g/mol. The zero-order valence-corrected chi connectivity index (χ0v) is 22.4. The molecule has 4 aromatic rings. The maximum Gasteiger partial charge on any atom is 0.264 e. The number of carbonyl (C=O) groups is 1. The highest BCUT2D eigenvalue weighted by Crippen LogP contribution is 2.25. The number of amides is 1. The molecule has 2 atom stereocenters. The molecule has 0 spiro atoms. The predicted octanol–water partition coefficient (Wildman–Crippen LogP) is 4.99. The number of nitrogens with one attached hydrogen (secondary N) is 1. The van der Waals surface area contributed by atoms with Gasteiger partial charge in [-0.15, -0.1) is 0 Å². The van der Waals surface area contributed by atoms with Gasteiger partial charge in [-0.1, -0.05) is 55.5 Å². The normalized spacial score (nSPS) is 16.2. The van der Waals surface area contributed by atoms with Gasteiger partial charge in [0.05, 0.1) is 5.52 Å². The topological polar surface area (TPSA) is 82.6 Å². The van der Waals surface area contributed by atoms with Gasteiger partial charge in [0, 0.05) is 55.1 Å². The van der Waals surface area contributed by atoms with E-state index in [0.717, 1.165) is 18.5 Å². The van der Waals surface area contributed by atoms with Crippen LogP contribution in [0.25, 0.3) is 10.9 Å². The van der Waals surface area contributed by atoms with E-state index in [0.29, 0.717) is 41.8 Å². The summed E-state index contributed by atoms with van der Waals surface area (Å²) in [6, 6.07) is 26.2. The van der Waals surface area contributed by atoms with Crippen molar-refractivity contribution in [2.24, 2.45) is 0 Å². The molecule has 3 aromatic carbocycles. The summed E-state index contributed by atoms with van der Waals surface area (Å²) in [5.41, 5.74) is 2.67. The number of carbonyl (C=O) groups excluding carboxylic acids is 1. The SMILES string of the molecule is CC(c1ccccc1)C(C)N1CCN(C(=O)c2ccc(NS(=O)(=O)c3cccc4cccnc34)cc2)CC1. The second kappa shape index (κ2) is 10.9. The number of benzene rings is 3. The van der Waals surface area contributed by atoms with Crippen molar-refractivity contribution in [3.8, 4) is 0 Å². The Morgan fingerprint density at radius 2 is 1.53 bits per heavy atom. The molecule has 2 heterocycles. The van der Waals surface area contributed by atoms with Crippen LogP contribution in [0.2, 0.25) is 0 Å². The molecule has 5 rings (SSSR count). The molecular weight excluding hydrogens is 496 g/mol. The van der Waals surface area contributed by atoms with Gasteiger partial charge >= 0.3 is 0 Å². The Morgan fingerprint density at radius 1 is 0.842 bits per heavy atom. The van der Waals surface area contributed by atoms with Crippen molar-refractivity contribution in [3.05, 3.63) is 102 Å². The van der Waals surface area contributed by atoms with Crippen LogP contribution in [-0.2, 0) is 10.0 Å². The zero-order chi connectivity index (χ0) is 26.7. The minimum Gasteiger partial charge on any atom is -0.336 e. The van der Waals surface area contributed by atoms with Crippen LogP contribution in [0.5, 0.6) is 0 Å². The molecule has 38 heavy (non-hydrogen) atoms. The summed E-state index contributed by atoms with van der Waals surface area (Å²) in [6.07, 6.45) is 1.58. The summed E-state index contributed by atoms with van der Waals surface area (Å²) in [4.78, 5) is 21.8. The first-order valence-corrected chi connectivity index (χ1v) is 14.4. The molecule has 1 aliphatic rings. The third-order valence-electron chi connectivity index (χ3n) is 7.50. The van der Waals surface area contributed by atoms with Crippen molar-refractivity contribution in [1.82, 2.24) is 14.8 Å². The number of rotatable bonds is 7. The Kier molecular flexibility index (Phi) is 7.44. The van der Waals surface area contributed by atoms with E-state index >= 15 is 0 Å². The number of fused-ring (bicyclic) bond motifs is 1. The van der Waals surface area contributed by atoms with Gasteiger partial charge in [0.2, 0.25) is 0 Å². The van der Waals surface area contributed by atoms with Gasteiger partial charge in [-0.05, 0) is 54.8 Å². The van der Waals surface area contributed by atoms with Crippen molar-refractivity contribution in [3.63, 3.8) is 0 Å². The lowest BCUT2D eigenvalue weighted by molar-refractivity contribution is 0.0563. The monoisotopic (exact) mass is 528 g/mol. The van der Waals surface area contributed by atoms with Crippen molar-refractivity contribution in [2.45, 2.75) is 30.7 Å². The fraction of sp³-hybridized carbons (Fsp3) is 0.267. The third-order valence-corrected chi connectivity index (χ3v) is 8.91. The average Bonchev–Trinajstić information content (AvgIpc) is 2.96. The largest absolute Gasteiger partial charge is 0.336 e. The first kappa shape index (κ1) is 25.9. The van der Waals surface area contributed by atoms with E-state index in [9.17, 15) is 13.2 Å². The summed E-state index contributed by atoms with van der Waals surface area (Å²) in [5.74, 6) is 0.362. The summed E-state index contributed by atoms with van der Waals surface area (Å²) >= 11 is 0. The fourth-order valence-corrected chi connectivity index (χ4v) is 6.29. The minimum absolute atomic E-state index is 0.0407. The maximum absolute atomic E-state index is 13.2. The summed E-state index contributed by atoms with van der Waals surface area (Å²) in [5, 5.41) is 0.750. The molecule has 8 heteroatoms. The fourth-order valence-electron chi connectivity index (χ4n) is 5.05. The van der Waals surface area contributed by atoms with E-state index in [1.807, 2.05) is 23.1 Å². The second-order valence-corrected chi connectivity index (χ2v) is 11.4. The predicted molar refractivity (Wildman–Crippen MR) is 151 cm³/mol. The van der Waals surface area contributed by atoms with Gasteiger partial charge in [-0.2, -0.15) is 0 Å². The number of hydrogen-bond acceptors (Lipinski definition) is 5. The van der Waals surface area contributed by atoms with Crippen LogP contribution in [-0.4, -0.2) is 61.3 Å². The molecular formula is C30H32N4O3S. The highest BCUT2D eigenvalue weighted by atomic mass is 32.2. The van der Waals surface area contributed by atoms with Crippen LogP contribution in [0.15, 0.2) is 96.0 Å². The maximum atomic E-state index is 13.2. The molecule has 0 bridgehead atoms. The van der Waals surface area contributed by atoms with Crippen LogP contribution >= 0.6 is 0 Å². The summed E-state index contributed by atoms with van der Waals surface area (Å²) in [6.45, 7) is 7.47. The second-order valence-electron chi connectivity index (χ2n) is 9.78. The first-order chi connectivity index (χ1) is 18.3. The molecule has 1 aliphatic heterocycles. The number of para-hydroxylation sites is 1. The Morgan fingerprint density at radius 3 is 2.24 bits per heavy atom. The molecule has 1 aromatic heterocycles. The van der Waals surface area contributed by atoms with Gasteiger partial charge in [0.1, 0.15) is 4.90 Å². The molecule has 1 N–H and O–H groups in total. The van der Waals surface area contributed by atoms with Crippen LogP contribution < -0.4 is 4.72 Å². The molecule has 2 unspecified atom stereocenters. The van der Waals surface area contributed by atoms with Gasteiger partial charge in [0.15, 0.2) is 0 Å². The molecule has 0 radical (unpaired) electrons. The van der Waals surface area contributed by atoms with Crippen molar-refractivity contribution >= 4 is 32.5 Å². The van der Waals surface area contributed by atoms with Crippen molar-refractivity contribution in [1.29, 1.82) is 0 Å². The summed E-state index contributed by atoms with van der Waals surface area (Å²) < 4.78 is 28.8. The first-order valence-electron chi connectivity index (χ1n) is 12.9. The van der Waals surface area contributed by atoms with Gasteiger partial charge in [-0.25, -0.2) is 8.42 Å². The summed E-state index contributed by atoms with van der Waals surface area (Å²) in [7, 11) is -3.85. The molecule has 0 aliphatic carbocycles. The Balaban J connectivity index is 1.21. The smallest absolute Gasteiger partial charge is 0.264 e. The number of pyridine rings is 1. The van der Waals surface area contributed by atoms with E-state index in [1.54, 1.807) is 42.6 Å². The van der Waals surface area contributed by atoms with E-state index < -0.39 is 10.0 Å².